The minimum Gasteiger partial charge on any atom is -0.481 e. The lowest BCUT2D eigenvalue weighted by atomic mass is 9.98. The summed E-state index contributed by atoms with van der Waals surface area (Å²) in [6.07, 6.45) is 0.240. The number of aryl methyl sites for hydroxylation is 1. The molecule has 0 aliphatic carbocycles. The summed E-state index contributed by atoms with van der Waals surface area (Å²) in [5.74, 6) is -10.7. The molecule has 0 spiro atoms. The molecule has 31 heteroatoms. The van der Waals surface area contributed by atoms with Crippen LogP contribution in [0.25, 0.3) is 0 Å². The molecule has 0 bridgehead atoms. The van der Waals surface area contributed by atoms with E-state index in [4.69, 9.17) is 47.1 Å². The van der Waals surface area contributed by atoms with Gasteiger partial charge in [-0.1, -0.05) is 127 Å². The number of nitro benzene ring substituents is 4. The minimum absolute atomic E-state index is 0.00750. The molecular formula is C57H60N4O26S. The zero-order valence-electron chi connectivity index (χ0n) is 47.3. The third-order valence-corrected chi connectivity index (χ3v) is 10.6. The predicted molar refractivity (Wildman–Crippen MR) is 307 cm³/mol. The Morgan fingerprint density at radius 3 is 1.11 bits per heavy atom. The van der Waals surface area contributed by atoms with Gasteiger partial charge in [0.25, 0.3) is 28.5 Å². The summed E-state index contributed by atoms with van der Waals surface area (Å²) in [5.41, 5.74) is 1.85. The average Bonchev–Trinajstić information content (AvgIpc) is 3.15. The number of esters is 3. The first-order valence-corrected chi connectivity index (χ1v) is 26.5. The van der Waals surface area contributed by atoms with E-state index in [0.717, 1.165) is 42.0 Å². The second-order valence-electron chi connectivity index (χ2n) is 18.5. The summed E-state index contributed by atoms with van der Waals surface area (Å²) in [6, 6.07) is 42.6. The Morgan fingerprint density at radius 2 is 0.830 bits per heavy atom. The molecule has 88 heavy (non-hydrogen) atoms. The second kappa shape index (κ2) is 37.5. The van der Waals surface area contributed by atoms with E-state index in [9.17, 15) is 79.1 Å². The lowest BCUT2D eigenvalue weighted by Crippen LogP contribution is -2.46. The molecule has 6 aromatic carbocycles. The van der Waals surface area contributed by atoms with E-state index in [0.29, 0.717) is 17.5 Å². The van der Waals surface area contributed by atoms with Gasteiger partial charge in [-0.05, 0) is 62.3 Å². The van der Waals surface area contributed by atoms with Crippen LogP contribution in [-0.4, -0.2) is 105 Å². The topological polar surface area (TPSA) is 475 Å². The SMILES string of the molecule is CC(C)=O.CC1(C)OC(=O)C(Cc2ccccc2)C(=O)O1.Cc1ccccc1.O=C(O)C(Cc1ccccc1)C(=O)O.O=C(O)C(Cc1ccccc1)C(=O)OCc1cc([N+](=O)[O-])cc([N+](=O)[O-])c1.O=S(=O)(O)O.O=[N+]([O-])c1cc(CO)cc([N+](=O)[O-])c1. The molecule has 0 radical (unpaired) electrons. The zero-order chi connectivity index (χ0) is 66.9. The van der Waals surface area contributed by atoms with Crippen molar-refractivity contribution >= 4 is 74.7 Å². The van der Waals surface area contributed by atoms with E-state index in [-0.39, 0.29) is 29.8 Å². The molecule has 1 heterocycles. The number of cyclic esters (lactones) is 2. The number of hydrogen-bond acceptors (Lipinski definition) is 21. The van der Waals surface area contributed by atoms with Gasteiger partial charge in [0, 0.05) is 43.7 Å². The van der Waals surface area contributed by atoms with Gasteiger partial charge in [0.2, 0.25) is 0 Å². The van der Waals surface area contributed by atoms with Crippen LogP contribution in [0, 0.1) is 65.1 Å². The Bertz CT molecular complexity index is 3350. The molecule has 6 aromatic rings. The van der Waals surface area contributed by atoms with Crippen molar-refractivity contribution in [2.45, 2.75) is 72.9 Å². The smallest absolute Gasteiger partial charge is 0.394 e. The second-order valence-corrected chi connectivity index (χ2v) is 19.4. The van der Waals surface area contributed by atoms with Gasteiger partial charge in [0.1, 0.15) is 12.4 Å². The van der Waals surface area contributed by atoms with E-state index in [1.165, 1.54) is 19.4 Å². The zero-order valence-corrected chi connectivity index (χ0v) is 48.1. The van der Waals surface area contributed by atoms with Crippen molar-refractivity contribution in [3.05, 3.63) is 232 Å². The van der Waals surface area contributed by atoms with Gasteiger partial charge in [-0.25, -0.2) is 0 Å². The molecule has 470 valence electrons. The number of nitrogens with zero attached hydrogens (tertiary/aromatic N) is 4. The maximum atomic E-state index is 12.1. The number of nitro groups is 4. The van der Waals surface area contributed by atoms with Crippen molar-refractivity contribution < 1.29 is 105 Å². The molecule has 6 N–H and O–H groups in total. The fraction of sp³-hybridized carbons (Fsp3) is 0.246. The summed E-state index contributed by atoms with van der Waals surface area (Å²) in [5, 5.41) is 77.6. The number of rotatable bonds is 17. The van der Waals surface area contributed by atoms with Gasteiger partial charge in [0.05, 0.1) is 38.4 Å². The van der Waals surface area contributed by atoms with E-state index >= 15 is 0 Å². The number of aliphatic carboxylic acids is 3. The van der Waals surface area contributed by atoms with Gasteiger partial charge >= 0.3 is 46.2 Å². The summed E-state index contributed by atoms with van der Waals surface area (Å²) >= 11 is 0. The fourth-order valence-corrected chi connectivity index (χ4v) is 6.71. The number of Topliss-reactive ketones (excluding diaryl/α,β-unsaturated/α-hetero) is 1. The number of ketones is 1. The number of hydrogen-bond donors (Lipinski definition) is 6. The number of non-ortho nitro benzene ring substituents is 4. The summed E-state index contributed by atoms with van der Waals surface area (Å²) in [6.45, 7) is 7.23. The quantitative estimate of drug-likeness (QED) is 0.0165. The first kappa shape index (κ1) is 75.3. The molecule has 0 aromatic heterocycles. The molecule has 1 unspecified atom stereocenters. The highest BCUT2D eigenvalue weighted by atomic mass is 32.3. The van der Waals surface area contributed by atoms with Crippen LogP contribution < -0.4 is 0 Å². The van der Waals surface area contributed by atoms with Crippen molar-refractivity contribution in [1.82, 2.24) is 0 Å². The number of carbonyl (C=O) groups is 7. The highest BCUT2D eigenvalue weighted by Crippen LogP contribution is 2.27. The monoisotopic (exact) mass is 1250 g/mol. The molecule has 30 nitrogen and oxygen atoms in total. The molecule has 7 rings (SSSR count). The van der Waals surface area contributed by atoms with Gasteiger partial charge in [-0.2, -0.15) is 8.42 Å². The number of ether oxygens (including phenoxy) is 3. The van der Waals surface area contributed by atoms with Gasteiger partial charge in [-0.3, -0.25) is 78.3 Å². The van der Waals surface area contributed by atoms with Gasteiger partial charge in [0.15, 0.2) is 17.8 Å². The van der Waals surface area contributed by atoms with Crippen molar-refractivity contribution in [2.24, 2.45) is 17.8 Å². The van der Waals surface area contributed by atoms with E-state index < -0.39 is 125 Å². The van der Waals surface area contributed by atoms with Crippen molar-refractivity contribution in [1.29, 1.82) is 0 Å². The molecule has 0 amide bonds. The predicted octanol–water partition coefficient (Wildman–Crippen LogP) is 8.12. The molecule has 1 aliphatic rings. The molecule has 1 fully saturated rings. The molecule has 1 aliphatic heterocycles. The number of carboxylic acids is 3. The minimum atomic E-state index is -4.67. The lowest BCUT2D eigenvalue weighted by Gasteiger charge is -2.32. The van der Waals surface area contributed by atoms with Crippen LogP contribution in [0.1, 0.15) is 61.1 Å². The molecule has 1 atom stereocenters. The number of benzene rings is 6. The number of aliphatic hydroxyl groups is 1. The molecular weight excluding hydrogens is 1190 g/mol. The van der Waals surface area contributed by atoms with Crippen LogP contribution in [0.2, 0.25) is 0 Å². The van der Waals surface area contributed by atoms with E-state index in [1.807, 2.05) is 48.5 Å². The number of carboxylic acid groups (broad SMARTS) is 3. The number of aliphatic hydroxyl groups excluding tert-OH is 1. The first-order valence-electron chi connectivity index (χ1n) is 25.1. The highest BCUT2D eigenvalue weighted by molar-refractivity contribution is 7.79. The van der Waals surface area contributed by atoms with Crippen LogP contribution in [0.5, 0.6) is 0 Å². The van der Waals surface area contributed by atoms with Gasteiger partial charge in [-0.15, -0.1) is 0 Å². The Morgan fingerprint density at radius 1 is 0.534 bits per heavy atom. The normalized spacial score (nSPS) is 12.1. The maximum absolute atomic E-state index is 12.1. The third-order valence-electron chi connectivity index (χ3n) is 10.6. The summed E-state index contributed by atoms with van der Waals surface area (Å²) in [7, 11) is -4.67. The highest BCUT2D eigenvalue weighted by Gasteiger charge is 2.43. The van der Waals surface area contributed by atoms with Crippen LogP contribution >= 0.6 is 0 Å². The van der Waals surface area contributed by atoms with Crippen LogP contribution in [0.3, 0.4) is 0 Å². The lowest BCUT2D eigenvalue weighted by molar-refractivity contribution is -0.394. The number of carbonyl (C=O) groups excluding carboxylic acids is 4. The Hall–Kier alpha value is -10.8. The van der Waals surface area contributed by atoms with Crippen molar-refractivity contribution in [3.63, 3.8) is 0 Å². The third kappa shape index (κ3) is 31.8. The van der Waals surface area contributed by atoms with Crippen molar-refractivity contribution in [3.8, 4) is 0 Å². The largest absolute Gasteiger partial charge is 0.481 e. The van der Waals surface area contributed by atoms with Crippen LogP contribution in [0.15, 0.2) is 158 Å². The summed E-state index contributed by atoms with van der Waals surface area (Å²) in [4.78, 5) is 117. The average molecular weight is 1250 g/mol. The summed E-state index contributed by atoms with van der Waals surface area (Å²) < 4.78 is 46.6. The molecule has 0 saturated carbocycles. The Balaban J connectivity index is 0.000000555. The fourth-order valence-electron chi connectivity index (χ4n) is 6.71. The Kier molecular flexibility index (Phi) is 32.1. The van der Waals surface area contributed by atoms with E-state index in [1.54, 1.807) is 74.5 Å². The van der Waals surface area contributed by atoms with Crippen molar-refractivity contribution in [2.75, 3.05) is 0 Å². The molecule has 1 saturated heterocycles. The Labute approximate surface area is 500 Å². The standard InChI is InChI=1S/C17H14N2O8.C13H14O4.C10H10O4.C7H6N2O5.C7H8.C3H6O.H2O4S/c20-16(21)15(8-11-4-2-1-3-5-11)17(22)27-10-12-6-13(18(23)24)9-14(7-12)19(25)26;1-13(2)16-11(14)10(12(15)17-13)8-9-6-4-3-5-7-9;11-9(12)8(10(13)14)6-7-4-2-1-3-5-7;10-4-5-1-6(8(11)12)3-7(2-5)9(13)14;1-7-5-3-2-4-6-7;1-3(2)4;1-5(2,3)4/h1-7,9,15H,8,10H2,(H,20,21);3-7,10H,8H2,1-2H3;1-5,8H,6H2,(H,11,12)(H,13,14);1-3,10H,4H2;2-6H,1H3;1-2H3;(H2,1,2,3,4). The van der Waals surface area contributed by atoms with Crippen LogP contribution in [0.4, 0.5) is 22.7 Å². The van der Waals surface area contributed by atoms with E-state index in [2.05, 4.69) is 19.1 Å². The first-order chi connectivity index (χ1) is 41.0. The van der Waals surface area contributed by atoms with Crippen LogP contribution in [-0.2, 0) is 90.6 Å². The maximum Gasteiger partial charge on any atom is 0.394 e. The van der Waals surface area contributed by atoms with Gasteiger partial charge < -0.3 is 39.4 Å².